The molecule has 0 aromatic heterocycles. The van der Waals surface area contributed by atoms with Crippen molar-refractivity contribution in [1.29, 1.82) is 0 Å². The summed E-state index contributed by atoms with van der Waals surface area (Å²) in [5, 5.41) is 6.74. The molecule has 2 aliphatic carbocycles. The molecule has 2 saturated carbocycles. The Balaban J connectivity index is 1.41. The number of rotatable bonds is 6. The average molecular weight is 322 g/mol. The molecule has 2 N–H and O–H groups in total. The van der Waals surface area contributed by atoms with Crippen molar-refractivity contribution in [2.75, 3.05) is 32.7 Å². The highest BCUT2D eigenvalue weighted by Crippen LogP contribution is 2.61. The summed E-state index contributed by atoms with van der Waals surface area (Å²) in [5.74, 6) is 1.62. The minimum absolute atomic E-state index is 0.0262. The van der Waals surface area contributed by atoms with Crippen molar-refractivity contribution in [3.63, 3.8) is 0 Å². The van der Waals surface area contributed by atoms with E-state index in [9.17, 15) is 4.79 Å². The number of likely N-dealkylation sites (tertiary alicyclic amines) is 1. The molecule has 0 aromatic rings. The molecule has 0 radical (unpaired) electrons. The van der Waals surface area contributed by atoms with Crippen LogP contribution in [0, 0.1) is 17.3 Å². The van der Waals surface area contributed by atoms with Crippen LogP contribution in [0.3, 0.4) is 0 Å². The molecule has 4 nitrogen and oxygen atoms in total. The van der Waals surface area contributed by atoms with Crippen LogP contribution >= 0.6 is 0 Å². The van der Waals surface area contributed by atoms with Gasteiger partial charge in [-0.05, 0) is 69.4 Å². The van der Waals surface area contributed by atoms with Gasteiger partial charge in [-0.25, -0.2) is 0 Å². The third-order valence-corrected chi connectivity index (χ3v) is 7.35. The normalized spacial score (nSPS) is 36.3. The maximum Gasteiger partial charge on any atom is 0.234 e. The van der Waals surface area contributed by atoms with Gasteiger partial charge in [-0.3, -0.25) is 4.79 Å². The van der Waals surface area contributed by atoms with Crippen LogP contribution in [0.1, 0.15) is 59.3 Å². The molecule has 3 rings (SSSR count). The molecule has 1 heterocycles. The Morgan fingerprint density at radius 2 is 1.78 bits per heavy atom. The summed E-state index contributed by atoms with van der Waals surface area (Å²) in [6.07, 6.45) is 7.96. The summed E-state index contributed by atoms with van der Waals surface area (Å²) in [6, 6.07) is 0. The average Bonchev–Trinajstić information content (AvgIpc) is 3.08. The number of hydrogen-bond acceptors (Lipinski definition) is 3. The van der Waals surface area contributed by atoms with E-state index in [1.807, 2.05) is 0 Å². The summed E-state index contributed by atoms with van der Waals surface area (Å²) in [4.78, 5) is 14.9. The van der Waals surface area contributed by atoms with Gasteiger partial charge in [0.1, 0.15) is 0 Å². The predicted molar refractivity (Wildman–Crippen MR) is 94.3 cm³/mol. The van der Waals surface area contributed by atoms with Gasteiger partial charge in [-0.2, -0.15) is 0 Å². The fraction of sp³-hybridized carbons (Fsp3) is 0.947. The standard InChI is InChI=1S/C19H35N3O/c1-18(2)15-7-8-16(13-15)19(18,3)21-17(23)14-20-9-12-22-10-5-4-6-11-22/h15-16,20H,4-14H2,1-3H3,(H,21,23)/t15-,16+,19+/m0/s1. The second kappa shape index (κ2) is 6.72. The van der Waals surface area contributed by atoms with E-state index in [4.69, 9.17) is 0 Å². The minimum Gasteiger partial charge on any atom is -0.349 e. The Labute approximate surface area is 141 Å². The lowest BCUT2D eigenvalue weighted by Gasteiger charge is -2.48. The number of carbonyl (C=O) groups is 1. The second-order valence-corrected chi connectivity index (χ2v) is 8.76. The lowest BCUT2D eigenvalue weighted by Crippen LogP contribution is -2.60. The molecule has 1 saturated heterocycles. The highest BCUT2D eigenvalue weighted by Gasteiger charge is 2.60. The Kier molecular flexibility index (Phi) is 5.03. The van der Waals surface area contributed by atoms with Crippen molar-refractivity contribution >= 4 is 5.91 Å². The molecule has 23 heavy (non-hydrogen) atoms. The Morgan fingerprint density at radius 3 is 2.43 bits per heavy atom. The van der Waals surface area contributed by atoms with Crippen molar-refractivity contribution in [3.8, 4) is 0 Å². The van der Waals surface area contributed by atoms with Gasteiger partial charge < -0.3 is 15.5 Å². The lowest BCUT2D eigenvalue weighted by atomic mass is 9.64. The van der Waals surface area contributed by atoms with Gasteiger partial charge in [0.2, 0.25) is 5.91 Å². The fourth-order valence-corrected chi connectivity index (χ4v) is 5.33. The number of amides is 1. The summed E-state index contributed by atoms with van der Waals surface area (Å²) < 4.78 is 0. The predicted octanol–water partition coefficient (Wildman–Crippen LogP) is 2.39. The maximum absolute atomic E-state index is 12.4. The Morgan fingerprint density at radius 1 is 1.09 bits per heavy atom. The maximum atomic E-state index is 12.4. The molecule has 3 atom stereocenters. The van der Waals surface area contributed by atoms with Crippen molar-refractivity contribution in [2.24, 2.45) is 17.3 Å². The summed E-state index contributed by atoms with van der Waals surface area (Å²) >= 11 is 0. The van der Waals surface area contributed by atoms with Crippen LogP contribution in [0.5, 0.6) is 0 Å². The summed E-state index contributed by atoms with van der Waals surface area (Å²) in [6.45, 7) is 11.9. The molecule has 0 unspecified atom stereocenters. The van der Waals surface area contributed by atoms with E-state index in [0.29, 0.717) is 12.5 Å². The van der Waals surface area contributed by atoms with Crippen LogP contribution in [0.25, 0.3) is 0 Å². The highest BCUT2D eigenvalue weighted by atomic mass is 16.2. The van der Waals surface area contributed by atoms with Crippen molar-refractivity contribution in [3.05, 3.63) is 0 Å². The van der Waals surface area contributed by atoms with Crippen LogP contribution in [0.4, 0.5) is 0 Å². The molecular formula is C19H35N3O. The van der Waals surface area contributed by atoms with Crippen molar-refractivity contribution in [1.82, 2.24) is 15.5 Å². The molecule has 1 amide bonds. The number of carbonyl (C=O) groups excluding carboxylic acids is 1. The first kappa shape index (κ1) is 17.2. The number of fused-ring (bicyclic) bond motifs is 2. The first-order chi connectivity index (χ1) is 10.9. The molecule has 0 aromatic carbocycles. The van der Waals surface area contributed by atoms with Gasteiger partial charge in [-0.1, -0.05) is 20.3 Å². The molecule has 1 aliphatic heterocycles. The molecule has 3 fully saturated rings. The zero-order valence-corrected chi connectivity index (χ0v) is 15.3. The van der Waals surface area contributed by atoms with E-state index < -0.39 is 0 Å². The zero-order chi connectivity index (χ0) is 16.5. The smallest absolute Gasteiger partial charge is 0.234 e. The minimum atomic E-state index is -0.0262. The number of nitrogens with one attached hydrogen (secondary N) is 2. The molecule has 3 aliphatic rings. The third-order valence-electron chi connectivity index (χ3n) is 7.35. The van der Waals surface area contributed by atoms with Gasteiger partial charge in [0.25, 0.3) is 0 Å². The van der Waals surface area contributed by atoms with Crippen LogP contribution in [0.2, 0.25) is 0 Å². The van der Waals surface area contributed by atoms with Crippen molar-refractivity contribution < 1.29 is 4.79 Å². The van der Waals surface area contributed by atoms with E-state index in [0.717, 1.165) is 19.0 Å². The van der Waals surface area contributed by atoms with Crippen LogP contribution in [-0.2, 0) is 4.79 Å². The van der Waals surface area contributed by atoms with Gasteiger partial charge >= 0.3 is 0 Å². The third kappa shape index (κ3) is 3.30. The highest BCUT2D eigenvalue weighted by molar-refractivity contribution is 5.79. The molecular weight excluding hydrogens is 286 g/mol. The SMILES string of the molecule is CC1(C)[C@H]2CC[C@H](C2)[C@@]1(C)NC(=O)CNCCN1CCCCC1. The van der Waals surface area contributed by atoms with Crippen LogP contribution in [0.15, 0.2) is 0 Å². The van der Waals surface area contributed by atoms with E-state index >= 15 is 0 Å². The van der Waals surface area contributed by atoms with Crippen molar-refractivity contribution in [2.45, 2.75) is 64.8 Å². The molecule has 132 valence electrons. The quantitative estimate of drug-likeness (QED) is 0.738. The number of hydrogen-bond donors (Lipinski definition) is 2. The van der Waals surface area contributed by atoms with Gasteiger partial charge in [0.15, 0.2) is 0 Å². The summed E-state index contributed by atoms with van der Waals surface area (Å²) in [5.41, 5.74) is 0.195. The van der Waals surface area contributed by atoms with Crippen LogP contribution in [-0.4, -0.2) is 49.1 Å². The number of piperidine rings is 1. The first-order valence-corrected chi connectivity index (χ1v) is 9.67. The van der Waals surface area contributed by atoms with Gasteiger partial charge in [0.05, 0.1) is 6.54 Å². The topological polar surface area (TPSA) is 44.4 Å². The number of nitrogens with zero attached hydrogens (tertiary/aromatic N) is 1. The largest absolute Gasteiger partial charge is 0.349 e. The lowest BCUT2D eigenvalue weighted by molar-refractivity contribution is -0.124. The second-order valence-electron chi connectivity index (χ2n) is 8.76. The van der Waals surface area contributed by atoms with E-state index in [-0.39, 0.29) is 16.9 Å². The van der Waals surface area contributed by atoms with Crippen LogP contribution < -0.4 is 10.6 Å². The monoisotopic (exact) mass is 321 g/mol. The molecule has 0 spiro atoms. The van der Waals surface area contributed by atoms with E-state index in [2.05, 4.69) is 36.3 Å². The Hall–Kier alpha value is -0.610. The van der Waals surface area contributed by atoms with E-state index in [1.54, 1.807) is 0 Å². The molecule has 4 heteroatoms. The zero-order valence-electron chi connectivity index (χ0n) is 15.3. The van der Waals surface area contributed by atoms with E-state index in [1.165, 1.54) is 51.6 Å². The fourth-order valence-electron chi connectivity index (χ4n) is 5.33. The molecule has 2 bridgehead atoms. The Bertz CT molecular complexity index is 430. The first-order valence-electron chi connectivity index (χ1n) is 9.67. The summed E-state index contributed by atoms with van der Waals surface area (Å²) in [7, 11) is 0. The van der Waals surface area contributed by atoms with Gasteiger partial charge in [-0.15, -0.1) is 0 Å². The van der Waals surface area contributed by atoms with Gasteiger partial charge in [0, 0.05) is 18.6 Å².